The van der Waals surface area contributed by atoms with Crippen LogP contribution in [-0.2, 0) is 11.2 Å². The van der Waals surface area contributed by atoms with Gasteiger partial charge in [0.2, 0.25) is 0 Å². The van der Waals surface area contributed by atoms with E-state index in [0.29, 0.717) is 5.56 Å². The quantitative estimate of drug-likeness (QED) is 0.667. The predicted octanol–water partition coefficient (Wildman–Crippen LogP) is 4.13. The first-order valence-corrected chi connectivity index (χ1v) is 8.40. The van der Waals surface area contributed by atoms with E-state index in [0.717, 1.165) is 45.8 Å². The number of methoxy groups -OCH3 is 1. The molecule has 1 aliphatic rings. The van der Waals surface area contributed by atoms with Crippen LogP contribution in [0.1, 0.15) is 38.6 Å². The minimum atomic E-state index is -0.334. The summed E-state index contributed by atoms with van der Waals surface area (Å²) >= 11 is 0. The first-order valence-electron chi connectivity index (χ1n) is 8.40. The number of pyridine rings is 1. The van der Waals surface area contributed by atoms with Crippen molar-refractivity contribution in [2.24, 2.45) is 0 Å². The van der Waals surface area contributed by atoms with Gasteiger partial charge in [0.15, 0.2) is 0 Å². The van der Waals surface area contributed by atoms with Gasteiger partial charge in [-0.05, 0) is 49.6 Å². The van der Waals surface area contributed by atoms with Crippen molar-refractivity contribution in [3.63, 3.8) is 0 Å². The van der Waals surface area contributed by atoms with Gasteiger partial charge in [-0.25, -0.2) is 4.79 Å². The molecule has 0 amide bonds. The fourth-order valence-electron chi connectivity index (χ4n) is 3.41. The summed E-state index contributed by atoms with van der Waals surface area (Å²) in [4.78, 5) is 16.3. The zero-order valence-corrected chi connectivity index (χ0v) is 14.9. The van der Waals surface area contributed by atoms with Gasteiger partial charge in [0.25, 0.3) is 0 Å². The highest BCUT2D eigenvalue weighted by atomic mass is 16.5. The largest absolute Gasteiger partial charge is 0.465 e. The van der Waals surface area contributed by atoms with Crippen molar-refractivity contribution < 1.29 is 14.1 Å². The van der Waals surface area contributed by atoms with E-state index in [-0.39, 0.29) is 5.97 Å². The molecule has 26 heavy (non-hydrogen) atoms. The Balaban J connectivity index is 1.67. The van der Waals surface area contributed by atoms with E-state index in [1.165, 1.54) is 12.7 Å². The van der Waals surface area contributed by atoms with Crippen LogP contribution in [0.4, 0.5) is 0 Å². The summed E-state index contributed by atoms with van der Waals surface area (Å²) in [6.07, 6.45) is 4.86. The van der Waals surface area contributed by atoms with E-state index in [9.17, 15) is 4.79 Å². The lowest BCUT2D eigenvalue weighted by molar-refractivity contribution is 0.0600. The minimum Gasteiger partial charge on any atom is -0.465 e. The van der Waals surface area contributed by atoms with Crippen LogP contribution in [0.2, 0.25) is 0 Å². The van der Waals surface area contributed by atoms with Gasteiger partial charge in [-0.15, -0.1) is 0 Å². The molecule has 0 unspecified atom stereocenters. The smallest absolute Gasteiger partial charge is 0.337 e. The molecular weight excluding hydrogens is 328 g/mol. The van der Waals surface area contributed by atoms with Gasteiger partial charge in [0.05, 0.1) is 24.1 Å². The number of esters is 1. The molecular formula is C21H18N2O3. The molecule has 0 aliphatic heterocycles. The summed E-state index contributed by atoms with van der Waals surface area (Å²) in [5, 5.41) is 4.02. The maximum absolute atomic E-state index is 11.6. The lowest BCUT2D eigenvalue weighted by atomic mass is 10.00. The van der Waals surface area contributed by atoms with Crippen molar-refractivity contribution in [2.45, 2.75) is 20.3 Å². The summed E-state index contributed by atoms with van der Waals surface area (Å²) in [5.41, 5.74) is 7.72. The first kappa shape index (κ1) is 16.3. The van der Waals surface area contributed by atoms with Gasteiger partial charge in [0.1, 0.15) is 5.76 Å². The van der Waals surface area contributed by atoms with Crippen molar-refractivity contribution in [3.05, 3.63) is 76.4 Å². The highest BCUT2D eigenvalue weighted by Crippen LogP contribution is 2.35. The number of fused-ring (bicyclic) bond motifs is 1. The van der Waals surface area contributed by atoms with Crippen LogP contribution in [0.15, 0.2) is 47.1 Å². The lowest BCUT2D eigenvalue weighted by Crippen LogP contribution is -2.01. The third-order valence-corrected chi connectivity index (χ3v) is 4.69. The molecule has 0 saturated heterocycles. The van der Waals surface area contributed by atoms with Crippen LogP contribution in [-0.4, -0.2) is 23.2 Å². The molecule has 4 rings (SSSR count). The number of ether oxygens (including phenoxy) is 1. The summed E-state index contributed by atoms with van der Waals surface area (Å²) in [6.45, 7) is 3.85. The molecule has 2 aromatic heterocycles. The average Bonchev–Trinajstić information content (AvgIpc) is 3.23. The molecule has 0 radical (unpaired) electrons. The summed E-state index contributed by atoms with van der Waals surface area (Å²) < 4.78 is 10.0. The fraction of sp³-hybridized carbons (Fsp3) is 0.190. The third kappa shape index (κ3) is 2.62. The van der Waals surface area contributed by atoms with Crippen molar-refractivity contribution in [1.29, 1.82) is 0 Å². The molecule has 0 spiro atoms. The molecule has 130 valence electrons. The van der Waals surface area contributed by atoms with Crippen molar-refractivity contribution in [3.8, 4) is 11.1 Å². The van der Waals surface area contributed by atoms with Crippen LogP contribution < -0.4 is 0 Å². The molecule has 3 aromatic rings. The molecule has 0 bridgehead atoms. The molecule has 2 heterocycles. The van der Waals surface area contributed by atoms with Gasteiger partial charge >= 0.3 is 5.97 Å². The molecule has 5 nitrogen and oxygen atoms in total. The molecule has 0 saturated carbocycles. The normalized spacial score (nSPS) is 12.7. The molecule has 1 aromatic carbocycles. The van der Waals surface area contributed by atoms with E-state index in [4.69, 9.17) is 14.2 Å². The summed E-state index contributed by atoms with van der Waals surface area (Å²) in [7, 11) is 1.38. The highest BCUT2D eigenvalue weighted by Gasteiger charge is 2.20. The SMILES string of the molecule is COC(=O)c1ccc(C2=CCc3cc(-c4c(C)noc4C)cnc32)cc1. The van der Waals surface area contributed by atoms with Crippen LogP contribution in [0.3, 0.4) is 0 Å². The zero-order chi connectivity index (χ0) is 18.3. The Morgan fingerprint density at radius 1 is 1.15 bits per heavy atom. The van der Waals surface area contributed by atoms with E-state index >= 15 is 0 Å². The monoisotopic (exact) mass is 346 g/mol. The molecule has 1 aliphatic carbocycles. The number of rotatable bonds is 3. The van der Waals surface area contributed by atoms with E-state index in [2.05, 4.69) is 17.3 Å². The Kier molecular flexibility index (Phi) is 3.92. The summed E-state index contributed by atoms with van der Waals surface area (Å²) in [5.74, 6) is 0.466. The number of aryl methyl sites for hydroxylation is 2. The average molecular weight is 346 g/mol. The minimum absolute atomic E-state index is 0.334. The lowest BCUT2D eigenvalue weighted by Gasteiger charge is -2.08. The predicted molar refractivity (Wildman–Crippen MR) is 97.8 cm³/mol. The number of carbonyl (C=O) groups is 1. The topological polar surface area (TPSA) is 65.2 Å². The number of nitrogens with zero attached hydrogens (tertiary/aromatic N) is 2. The fourth-order valence-corrected chi connectivity index (χ4v) is 3.41. The second kappa shape index (κ2) is 6.26. The van der Waals surface area contributed by atoms with E-state index in [1.807, 2.05) is 32.2 Å². The van der Waals surface area contributed by atoms with Crippen molar-refractivity contribution >= 4 is 11.5 Å². The number of aromatic nitrogens is 2. The Bertz CT molecular complexity index is 1010. The number of benzene rings is 1. The van der Waals surface area contributed by atoms with Gasteiger partial charge in [-0.2, -0.15) is 0 Å². The Morgan fingerprint density at radius 2 is 1.92 bits per heavy atom. The van der Waals surface area contributed by atoms with Gasteiger partial charge in [-0.3, -0.25) is 4.98 Å². The highest BCUT2D eigenvalue weighted by molar-refractivity contribution is 5.91. The van der Waals surface area contributed by atoms with Crippen LogP contribution in [0, 0.1) is 13.8 Å². The second-order valence-corrected chi connectivity index (χ2v) is 6.32. The van der Waals surface area contributed by atoms with Crippen LogP contribution in [0.5, 0.6) is 0 Å². The van der Waals surface area contributed by atoms with Crippen molar-refractivity contribution in [2.75, 3.05) is 7.11 Å². The van der Waals surface area contributed by atoms with Gasteiger partial charge in [0, 0.05) is 22.9 Å². The number of allylic oxidation sites excluding steroid dienone is 1. The van der Waals surface area contributed by atoms with Crippen LogP contribution >= 0.6 is 0 Å². The first-order chi connectivity index (χ1) is 12.6. The maximum Gasteiger partial charge on any atom is 0.337 e. The Morgan fingerprint density at radius 3 is 2.58 bits per heavy atom. The third-order valence-electron chi connectivity index (χ3n) is 4.69. The number of carbonyl (C=O) groups excluding carboxylic acids is 1. The van der Waals surface area contributed by atoms with E-state index in [1.54, 1.807) is 12.1 Å². The number of hydrogen-bond donors (Lipinski definition) is 0. The zero-order valence-electron chi connectivity index (χ0n) is 14.9. The van der Waals surface area contributed by atoms with Gasteiger partial charge < -0.3 is 9.26 Å². The molecule has 0 N–H and O–H groups in total. The van der Waals surface area contributed by atoms with Gasteiger partial charge in [-0.1, -0.05) is 23.4 Å². The second-order valence-electron chi connectivity index (χ2n) is 6.32. The van der Waals surface area contributed by atoms with Crippen molar-refractivity contribution in [1.82, 2.24) is 10.1 Å². The summed E-state index contributed by atoms with van der Waals surface area (Å²) in [6, 6.07) is 9.56. The molecule has 0 atom stereocenters. The maximum atomic E-state index is 11.6. The molecule has 0 fully saturated rings. The Labute approximate surface area is 151 Å². The number of hydrogen-bond acceptors (Lipinski definition) is 5. The Hall–Kier alpha value is -3.21. The van der Waals surface area contributed by atoms with E-state index < -0.39 is 0 Å². The van der Waals surface area contributed by atoms with Crippen LogP contribution in [0.25, 0.3) is 16.7 Å². The molecule has 5 heteroatoms. The standard InChI is InChI=1S/C21H18N2O3/c1-12-19(13(2)26-23-12)17-10-16-8-9-18(20(16)22-11-17)14-4-6-15(7-5-14)21(24)25-3/h4-7,9-11H,8H2,1-3H3.